The predicted molar refractivity (Wildman–Crippen MR) is 86.5 cm³/mol. The van der Waals surface area contributed by atoms with Gasteiger partial charge in [-0.05, 0) is 24.6 Å². The van der Waals surface area contributed by atoms with E-state index in [0.717, 1.165) is 11.3 Å². The molecule has 1 aliphatic heterocycles. The van der Waals surface area contributed by atoms with Gasteiger partial charge in [0.05, 0.1) is 17.8 Å². The number of nitrogens with zero attached hydrogens (tertiary/aromatic N) is 3. The predicted octanol–water partition coefficient (Wildman–Crippen LogP) is 1.22. The molecule has 2 amide bonds. The lowest BCUT2D eigenvalue weighted by Crippen LogP contribution is -2.30. The monoisotopic (exact) mass is 310 g/mol. The number of hydrogen-bond donors (Lipinski definition) is 1. The van der Waals surface area contributed by atoms with Crippen LogP contribution in [0.3, 0.4) is 0 Å². The molecule has 2 aromatic rings. The summed E-state index contributed by atoms with van der Waals surface area (Å²) in [6.07, 6.45) is 7.44. The van der Waals surface area contributed by atoms with Crippen LogP contribution in [0.25, 0.3) is 11.8 Å². The van der Waals surface area contributed by atoms with Crippen molar-refractivity contribution in [3.63, 3.8) is 0 Å². The third-order valence-electron chi connectivity index (χ3n) is 3.94. The first kappa shape index (κ1) is 15.0. The zero-order valence-electron chi connectivity index (χ0n) is 12.6. The first-order chi connectivity index (χ1) is 11.1. The van der Waals surface area contributed by atoms with Gasteiger partial charge < -0.3 is 10.6 Å². The Morgan fingerprint density at radius 2 is 2.04 bits per heavy atom. The molecule has 6 heteroatoms. The van der Waals surface area contributed by atoms with Crippen LogP contribution in [0, 0.1) is 5.92 Å². The molecule has 0 radical (unpaired) electrons. The van der Waals surface area contributed by atoms with Crippen LogP contribution in [0.5, 0.6) is 0 Å². The Bertz CT molecular complexity index is 736. The molecule has 0 bridgehead atoms. The lowest BCUT2D eigenvalue weighted by molar-refractivity contribution is -0.125. The second-order valence-electron chi connectivity index (χ2n) is 5.56. The Morgan fingerprint density at radius 3 is 2.74 bits per heavy atom. The number of hydrogen-bond acceptors (Lipinski definition) is 3. The van der Waals surface area contributed by atoms with Gasteiger partial charge in [-0.15, -0.1) is 0 Å². The largest absolute Gasteiger partial charge is 0.369 e. The molecule has 1 atom stereocenters. The van der Waals surface area contributed by atoms with Gasteiger partial charge in [0.2, 0.25) is 11.8 Å². The molecular formula is C17H18N4O2. The second-order valence-corrected chi connectivity index (χ2v) is 5.56. The van der Waals surface area contributed by atoms with Crippen LogP contribution < -0.4 is 5.73 Å². The lowest BCUT2D eigenvalue weighted by Gasteiger charge is -2.12. The first-order valence-electron chi connectivity index (χ1n) is 7.50. The average molecular weight is 310 g/mol. The molecule has 1 saturated heterocycles. The number of carbonyl (C=O) groups is 2. The van der Waals surface area contributed by atoms with Crippen molar-refractivity contribution in [2.75, 3.05) is 13.1 Å². The van der Waals surface area contributed by atoms with Crippen molar-refractivity contribution in [1.82, 2.24) is 14.7 Å². The second kappa shape index (κ2) is 6.48. The molecule has 1 unspecified atom stereocenters. The summed E-state index contributed by atoms with van der Waals surface area (Å²) >= 11 is 0. The highest BCUT2D eigenvalue weighted by atomic mass is 16.2. The summed E-state index contributed by atoms with van der Waals surface area (Å²) in [6.45, 7) is 0.974. The zero-order chi connectivity index (χ0) is 16.2. The summed E-state index contributed by atoms with van der Waals surface area (Å²) < 4.78 is 1.75. The number of rotatable bonds is 4. The van der Waals surface area contributed by atoms with Gasteiger partial charge in [0.15, 0.2) is 0 Å². The molecule has 118 valence electrons. The van der Waals surface area contributed by atoms with E-state index < -0.39 is 0 Å². The van der Waals surface area contributed by atoms with Crippen molar-refractivity contribution in [1.29, 1.82) is 0 Å². The van der Waals surface area contributed by atoms with E-state index in [-0.39, 0.29) is 17.7 Å². The highest BCUT2D eigenvalue weighted by molar-refractivity contribution is 5.92. The smallest absolute Gasteiger partial charge is 0.246 e. The molecule has 1 aromatic carbocycles. The standard InChI is InChI=1S/C17H18N4O2/c18-17(23)14-8-9-20(12-14)16(22)7-6-13-10-19-21(11-13)15-4-2-1-3-5-15/h1-7,10-11,14H,8-9,12H2,(H2,18,23). The molecular weight excluding hydrogens is 292 g/mol. The van der Waals surface area contributed by atoms with E-state index in [2.05, 4.69) is 5.10 Å². The highest BCUT2D eigenvalue weighted by Crippen LogP contribution is 2.16. The van der Waals surface area contributed by atoms with Crippen LogP contribution >= 0.6 is 0 Å². The summed E-state index contributed by atoms with van der Waals surface area (Å²) in [7, 11) is 0. The molecule has 3 rings (SSSR count). The van der Waals surface area contributed by atoms with Crippen LogP contribution in [0.1, 0.15) is 12.0 Å². The van der Waals surface area contributed by atoms with Crippen molar-refractivity contribution < 1.29 is 9.59 Å². The van der Waals surface area contributed by atoms with Crippen molar-refractivity contribution in [2.45, 2.75) is 6.42 Å². The van der Waals surface area contributed by atoms with Crippen LogP contribution in [0.2, 0.25) is 0 Å². The fourth-order valence-electron chi connectivity index (χ4n) is 2.61. The minimum Gasteiger partial charge on any atom is -0.369 e. The third-order valence-corrected chi connectivity index (χ3v) is 3.94. The minimum atomic E-state index is -0.339. The molecule has 0 saturated carbocycles. The molecule has 1 fully saturated rings. The maximum absolute atomic E-state index is 12.1. The maximum atomic E-state index is 12.1. The minimum absolute atomic E-state index is 0.110. The van der Waals surface area contributed by atoms with Gasteiger partial charge in [0, 0.05) is 30.9 Å². The zero-order valence-corrected chi connectivity index (χ0v) is 12.6. The molecule has 1 aliphatic rings. The number of para-hydroxylation sites is 1. The number of carbonyl (C=O) groups excluding carboxylic acids is 2. The number of benzene rings is 1. The summed E-state index contributed by atoms with van der Waals surface area (Å²) in [5.41, 5.74) is 7.08. The van der Waals surface area contributed by atoms with Gasteiger partial charge in [0.25, 0.3) is 0 Å². The van der Waals surface area contributed by atoms with E-state index in [9.17, 15) is 9.59 Å². The fourth-order valence-corrected chi connectivity index (χ4v) is 2.61. The van der Waals surface area contributed by atoms with Crippen LogP contribution in [-0.2, 0) is 9.59 Å². The SMILES string of the molecule is NC(=O)C1CCN(C(=O)C=Cc2cnn(-c3ccccc3)c2)C1. The molecule has 2 heterocycles. The normalized spacial score (nSPS) is 17.7. The topological polar surface area (TPSA) is 81.2 Å². The number of amides is 2. The Hall–Kier alpha value is -2.89. The number of primary amides is 1. The Labute approximate surface area is 134 Å². The summed E-state index contributed by atoms with van der Waals surface area (Å²) in [5.74, 6) is -0.678. The Morgan fingerprint density at radius 1 is 1.26 bits per heavy atom. The van der Waals surface area contributed by atoms with Gasteiger partial charge in [-0.1, -0.05) is 18.2 Å². The van der Waals surface area contributed by atoms with E-state index in [1.165, 1.54) is 6.08 Å². The van der Waals surface area contributed by atoms with Crippen molar-refractivity contribution in [2.24, 2.45) is 11.7 Å². The third kappa shape index (κ3) is 3.48. The van der Waals surface area contributed by atoms with E-state index in [4.69, 9.17) is 5.73 Å². The van der Waals surface area contributed by atoms with E-state index in [0.29, 0.717) is 19.5 Å². The average Bonchev–Trinajstić information content (AvgIpc) is 3.23. The number of likely N-dealkylation sites (tertiary alicyclic amines) is 1. The van der Waals surface area contributed by atoms with Crippen molar-refractivity contribution >= 4 is 17.9 Å². The van der Waals surface area contributed by atoms with Crippen LogP contribution in [0.15, 0.2) is 48.8 Å². The molecule has 6 nitrogen and oxygen atoms in total. The molecule has 1 aromatic heterocycles. The van der Waals surface area contributed by atoms with E-state index in [1.54, 1.807) is 21.9 Å². The quantitative estimate of drug-likeness (QED) is 0.862. The van der Waals surface area contributed by atoms with Gasteiger partial charge in [-0.2, -0.15) is 5.10 Å². The molecule has 2 N–H and O–H groups in total. The highest BCUT2D eigenvalue weighted by Gasteiger charge is 2.28. The van der Waals surface area contributed by atoms with Gasteiger partial charge in [-0.3, -0.25) is 9.59 Å². The first-order valence-corrected chi connectivity index (χ1v) is 7.50. The van der Waals surface area contributed by atoms with Gasteiger partial charge >= 0.3 is 0 Å². The fraction of sp³-hybridized carbons (Fsp3) is 0.235. The lowest BCUT2D eigenvalue weighted by atomic mass is 10.1. The summed E-state index contributed by atoms with van der Waals surface area (Å²) in [5, 5.41) is 4.28. The van der Waals surface area contributed by atoms with E-state index in [1.807, 2.05) is 36.5 Å². The molecule has 0 spiro atoms. The van der Waals surface area contributed by atoms with Crippen molar-refractivity contribution in [3.8, 4) is 5.69 Å². The number of nitrogens with two attached hydrogens (primary N) is 1. The maximum Gasteiger partial charge on any atom is 0.246 e. The Balaban J connectivity index is 1.63. The van der Waals surface area contributed by atoms with Gasteiger partial charge in [0.1, 0.15) is 0 Å². The van der Waals surface area contributed by atoms with Crippen molar-refractivity contribution in [3.05, 3.63) is 54.4 Å². The molecule has 23 heavy (non-hydrogen) atoms. The Kier molecular flexibility index (Phi) is 4.23. The molecule has 0 aliphatic carbocycles. The van der Waals surface area contributed by atoms with Gasteiger partial charge in [-0.25, -0.2) is 4.68 Å². The summed E-state index contributed by atoms with van der Waals surface area (Å²) in [6, 6.07) is 9.75. The summed E-state index contributed by atoms with van der Waals surface area (Å²) in [4.78, 5) is 24.9. The van der Waals surface area contributed by atoms with Crippen LogP contribution in [0.4, 0.5) is 0 Å². The van der Waals surface area contributed by atoms with E-state index >= 15 is 0 Å². The van der Waals surface area contributed by atoms with Crippen LogP contribution in [-0.4, -0.2) is 39.6 Å². The number of aromatic nitrogens is 2.